The minimum Gasteiger partial charge on any atom is -0.466 e. The fourth-order valence-electron chi connectivity index (χ4n) is 3.13. The summed E-state index contributed by atoms with van der Waals surface area (Å²) in [6.45, 7) is 6.13. The number of nitrogens with one attached hydrogen (secondary N) is 1. The Morgan fingerprint density at radius 2 is 2.00 bits per heavy atom. The highest BCUT2D eigenvalue weighted by atomic mass is 16.5. The molecule has 1 heterocycles. The molecule has 1 aromatic carbocycles. The fourth-order valence-corrected chi connectivity index (χ4v) is 3.13. The van der Waals surface area contributed by atoms with Crippen LogP contribution in [0.15, 0.2) is 36.4 Å². The number of esters is 1. The van der Waals surface area contributed by atoms with Gasteiger partial charge < -0.3 is 10.1 Å². The van der Waals surface area contributed by atoms with Crippen molar-refractivity contribution in [3.8, 4) is 0 Å². The van der Waals surface area contributed by atoms with Crippen LogP contribution < -0.4 is 5.32 Å². The molecule has 1 aliphatic heterocycles. The van der Waals surface area contributed by atoms with Crippen LogP contribution in [0.25, 0.3) is 0 Å². The summed E-state index contributed by atoms with van der Waals surface area (Å²) in [7, 11) is 1.33. The van der Waals surface area contributed by atoms with E-state index in [2.05, 4.69) is 47.0 Å². The van der Waals surface area contributed by atoms with Gasteiger partial charge in [-0.25, -0.2) is 4.79 Å². The first kappa shape index (κ1) is 18.2. The molecule has 2 rings (SSSR count). The summed E-state index contributed by atoms with van der Waals surface area (Å²) in [5.74, 6) is -0.212. The maximum atomic E-state index is 12.6. The van der Waals surface area contributed by atoms with Crippen LogP contribution in [0, 0.1) is 5.92 Å². The molecule has 0 radical (unpaired) electrons. The predicted molar refractivity (Wildman–Crippen MR) is 93.3 cm³/mol. The molecule has 130 valence electrons. The van der Waals surface area contributed by atoms with Gasteiger partial charge in [0.15, 0.2) is 0 Å². The van der Waals surface area contributed by atoms with Crippen molar-refractivity contribution in [2.24, 2.45) is 5.92 Å². The summed E-state index contributed by atoms with van der Waals surface area (Å²) in [4.78, 5) is 25.9. The SMILES string of the molecule is COC(=O)/C=C/CNC(=O)C(C(C)C)N1CCc2ccccc2C1. The Morgan fingerprint density at radius 3 is 2.67 bits per heavy atom. The maximum Gasteiger partial charge on any atom is 0.330 e. The Labute approximate surface area is 143 Å². The molecule has 0 bridgehead atoms. The summed E-state index contributed by atoms with van der Waals surface area (Å²) in [6, 6.07) is 8.23. The standard InChI is InChI=1S/C19H26N2O3/c1-14(2)18(19(23)20-11-6-9-17(22)24-3)21-12-10-15-7-4-5-8-16(15)13-21/h4-9,14,18H,10-13H2,1-3H3,(H,20,23)/b9-6+. The maximum absolute atomic E-state index is 12.6. The molecular weight excluding hydrogens is 304 g/mol. The van der Waals surface area contributed by atoms with E-state index in [1.807, 2.05) is 6.07 Å². The third-order valence-electron chi connectivity index (χ3n) is 4.30. The van der Waals surface area contributed by atoms with Crippen molar-refractivity contribution in [2.45, 2.75) is 32.9 Å². The lowest BCUT2D eigenvalue weighted by Gasteiger charge is -2.36. The lowest BCUT2D eigenvalue weighted by Crippen LogP contribution is -2.51. The van der Waals surface area contributed by atoms with Gasteiger partial charge in [0.25, 0.3) is 0 Å². The fraction of sp³-hybridized carbons (Fsp3) is 0.474. The third-order valence-corrected chi connectivity index (χ3v) is 4.30. The monoisotopic (exact) mass is 330 g/mol. The zero-order valence-electron chi connectivity index (χ0n) is 14.6. The van der Waals surface area contributed by atoms with E-state index in [1.54, 1.807) is 6.08 Å². The molecule has 0 aromatic heterocycles. The molecule has 0 saturated heterocycles. The Kier molecular flexibility index (Phi) is 6.55. The highest BCUT2D eigenvalue weighted by molar-refractivity contribution is 5.83. The zero-order chi connectivity index (χ0) is 17.5. The number of methoxy groups -OCH3 is 1. The van der Waals surface area contributed by atoms with Crippen molar-refractivity contribution in [3.05, 3.63) is 47.5 Å². The molecule has 1 N–H and O–H groups in total. The second-order valence-corrected chi connectivity index (χ2v) is 6.35. The van der Waals surface area contributed by atoms with Crippen LogP contribution in [0.4, 0.5) is 0 Å². The molecule has 1 atom stereocenters. The average Bonchev–Trinajstić information content (AvgIpc) is 2.58. The number of fused-ring (bicyclic) bond motifs is 1. The van der Waals surface area contributed by atoms with Crippen molar-refractivity contribution in [1.29, 1.82) is 0 Å². The van der Waals surface area contributed by atoms with Crippen LogP contribution in [0.1, 0.15) is 25.0 Å². The molecule has 5 heteroatoms. The van der Waals surface area contributed by atoms with Gasteiger partial charge in [0.05, 0.1) is 13.2 Å². The van der Waals surface area contributed by atoms with E-state index in [0.29, 0.717) is 6.54 Å². The highest BCUT2D eigenvalue weighted by Crippen LogP contribution is 2.23. The Bertz CT molecular complexity index is 610. The van der Waals surface area contributed by atoms with E-state index in [9.17, 15) is 9.59 Å². The molecule has 0 saturated carbocycles. The number of benzene rings is 1. The summed E-state index contributed by atoms with van der Waals surface area (Å²) in [6.07, 6.45) is 3.89. The summed E-state index contributed by atoms with van der Waals surface area (Å²) >= 11 is 0. The van der Waals surface area contributed by atoms with Gasteiger partial charge in [-0.2, -0.15) is 0 Å². The lowest BCUT2D eigenvalue weighted by molar-refractivity contribution is -0.135. The summed E-state index contributed by atoms with van der Waals surface area (Å²) < 4.78 is 4.52. The topological polar surface area (TPSA) is 58.6 Å². The zero-order valence-corrected chi connectivity index (χ0v) is 14.6. The molecule has 1 unspecified atom stereocenters. The Hall–Kier alpha value is -2.14. The molecule has 0 spiro atoms. The van der Waals surface area contributed by atoms with E-state index >= 15 is 0 Å². The molecule has 1 amide bonds. The molecule has 1 aromatic rings. The van der Waals surface area contributed by atoms with Crippen molar-refractivity contribution in [3.63, 3.8) is 0 Å². The van der Waals surface area contributed by atoms with Gasteiger partial charge in [-0.05, 0) is 23.5 Å². The van der Waals surface area contributed by atoms with E-state index in [0.717, 1.165) is 19.5 Å². The van der Waals surface area contributed by atoms with Gasteiger partial charge in [-0.15, -0.1) is 0 Å². The number of nitrogens with zero attached hydrogens (tertiary/aromatic N) is 1. The van der Waals surface area contributed by atoms with Gasteiger partial charge in [0.1, 0.15) is 0 Å². The summed E-state index contributed by atoms with van der Waals surface area (Å²) in [5, 5.41) is 2.89. The molecule has 5 nitrogen and oxygen atoms in total. The first-order valence-electron chi connectivity index (χ1n) is 8.36. The van der Waals surface area contributed by atoms with Crippen molar-refractivity contribution in [1.82, 2.24) is 10.2 Å². The van der Waals surface area contributed by atoms with Gasteiger partial charge in [0, 0.05) is 25.7 Å². The van der Waals surface area contributed by atoms with Gasteiger partial charge in [-0.3, -0.25) is 9.69 Å². The predicted octanol–water partition coefficient (Wildman–Crippen LogP) is 1.91. The number of carbonyl (C=O) groups excluding carboxylic acids is 2. The number of carbonyl (C=O) groups is 2. The van der Waals surface area contributed by atoms with Crippen molar-refractivity contribution in [2.75, 3.05) is 20.2 Å². The van der Waals surface area contributed by atoms with E-state index in [4.69, 9.17) is 0 Å². The molecule has 24 heavy (non-hydrogen) atoms. The Morgan fingerprint density at radius 1 is 1.29 bits per heavy atom. The average molecular weight is 330 g/mol. The largest absolute Gasteiger partial charge is 0.466 e. The quantitative estimate of drug-likeness (QED) is 0.639. The smallest absolute Gasteiger partial charge is 0.330 e. The van der Waals surface area contributed by atoms with Crippen LogP contribution in [-0.4, -0.2) is 43.0 Å². The minimum atomic E-state index is -0.419. The van der Waals surface area contributed by atoms with Crippen molar-refractivity contribution < 1.29 is 14.3 Å². The first-order valence-corrected chi connectivity index (χ1v) is 8.36. The van der Waals surface area contributed by atoms with Gasteiger partial charge >= 0.3 is 5.97 Å². The number of rotatable bonds is 6. The van der Waals surface area contributed by atoms with E-state index < -0.39 is 5.97 Å². The van der Waals surface area contributed by atoms with Gasteiger partial charge in [-0.1, -0.05) is 44.2 Å². The third kappa shape index (κ3) is 4.68. The number of ether oxygens (including phenoxy) is 1. The number of hydrogen-bond donors (Lipinski definition) is 1. The molecule has 0 aliphatic carbocycles. The van der Waals surface area contributed by atoms with Crippen LogP contribution >= 0.6 is 0 Å². The number of hydrogen-bond acceptors (Lipinski definition) is 4. The van der Waals surface area contributed by atoms with Crippen molar-refractivity contribution >= 4 is 11.9 Å². The first-order chi connectivity index (χ1) is 11.5. The molecule has 1 aliphatic rings. The molecular formula is C19H26N2O3. The Balaban J connectivity index is 1.98. The molecule has 0 fully saturated rings. The summed E-state index contributed by atoms with van der Waals surface area (Å²) in [5.41, 5.74) is 2.67. The second kappa shape index (κ2) is 8.64. The van der Waals surface area contributed by atoms with Gasteiger partial charge in [0.2, 0.25) is 5.91 Å². The van der Waals surface area contributed by atoms with Crippen LogP contribution in [0.2, 0.25) is 0 Å². The van der Waals surface area contributed by atoms with Crippen LogP contribution in [-0.2, 0) is 27.3 Å². The van der Waals surface area contributed by atoms with E-state index in [-0.39, 0.29) is 17.9 Å². The number of amides is 1. The second-order valence-electron chi connectivity index (χ2n) is 6.35. The van der Waals surface area contributed by atoms with Crippen LogP contribution in [0.5, 0.6) is 0 Å². The lowest BCUT2D eigenvalue weighted by atomic mass is 9.94. The highest BCUT2D eigenvalue weighted by Gasteiger charge is 2.30. The minimum absolute atomic E-state index is 0.00102. The van der Waals surface area contributed by atoms with Crippen LogP contribution in [0.3, 0.4) is 0 Å². The normalized spacial score (nSPS) is 16.0. The van der Waals surface area contributed by atoms with E-state index in [1.165, 1.54) is 24.3 Å².